The number of alkyl halides is 3. The number of amides is 1. The summed E-state index contributed by atoms with van der Waals surface area (Å²) in [6, 6.07) is 10.5. The molecule has 0 fully saturated rings. The van der Waals surface area contributed by atoms with E-state index >= 15 is 0 Å². The van der Waals surface area contributed by atoms with Crippen LogP contribution >= 0.6 is 0 Å². The number of H-pyrrole nitrogens is 1. The highest BCUT2D eigenvalue weighted by atomic mass is 19.4. The quantitative estimate of drug-likeness (QED) is 0.283. The predicted octanol–water partition coefficient (Wildman–Crippen LogP) is 5.90. The molecule has 0 aliphatic heterocycles. The first-order valence-corrected chi connectivity index (χ1v) is 12.3. The van der Waals surface area contributed by atoms with Crippen molar-refractivity contribution in [1.29, 1.82) is 0 Å². The van der Waals surface area contributed by atoms with Crippen LogP contribution < -0.4 is 5.32 Å². The molecule has 0 aliphatic carbocycles. The van der Waals surface area contributed by atoms with E-state index in [1.54, 1.807) is 37.6 Å². The Morgan fingerprint density at radius 3 is 2.55 bits per heavy atom. The molecule has 0 radical (unpaired) electrons. The van der Waals surface area contributed by atoms with Gasteiger partial charge in [-0.1, -0.05) is 6.07 Å². The summed E-state index contributed by atoms with van der Waals surface area (Å²) < 4.78 is 46.4. The van der Waals surface area contributed by atoms with Gasteiger partial charge in [0.05, 0.1) is 28.8 Å². The average molecular weight is 545 g/mol. The standard InChI is InChI=1S/C28H23F3N8O/c1-16-4-5-22(11-25(16)38-15-17(2)39-26(38)12-24(36-39)20-13-33-34-14-20)35-27(40)19-8-21(28(29,30)31)10-23(9-19)37-7-6-32-18(37)3/h4-15H,1-3H3,(H,33,34)(H,35,40). The number of halogens is 3. The zero-order valence-electron chi connectivity index (χ0n) is 21.7. The second-order valence-corrected chi connectivity index (χ2v) is 9.49. The number of hydrogen-bond acceptors (Lipinski definition) is 4. The Kier molecular flexibility index (Phi) is 5.82. The van der Waals surface area contributed by atoms with E-state index in [0.717, 1.165) is 46.0 Å². The molecule has 4 aromatic heterocycles. The summed E-state index contributed by atoms with van der Waals surface area (Å²) in [7, 11) is 0. The van der Waals surface area contributed by atoms with Crippen LogP contribution in [0.2, 0.25) is 0 Å². The molecular formula is C28H23F3N8O. The number of rotatable bonds is 5. The van der Waals surface area contributed by atoms with Gasteiger partial charge in [-0.05, 0) is 56.7 Å². The summed E-state index contributed by atoms with van der Waals surface area (Å²) >= 11 is 0. The Morgan fingerprint density at radius 2 is 1.85 bits per heavy atom. The fourth-order valence-electron chi connectivity index (χ4n) is 4.68. The topological polar surface area (TPSA) is 97.8 Å². The molecule has 0 aliphatic rings. The fourth-order valence-corrected chi connectivity index (χ4v) is 4.68. The molecule has 0 bridgehead atoms. The van der Waals surface area contributed by atoms with E-state index in [0.29, 0.717) is 11.5 Å². The number of imidazole rings is 2. The van der Waals surface area contributed by atoms with Crippen LogP contribution in [0.25, 0.3) is 28.3 Å². The van der Waals surface area contributed by atoms with Gasteiger partial charge >= 0.3 is 6.18 Å². The number of nitrogens with zero attached hydrogens (tertiary/aromatic N) is 6. The number of benzene rings is 2. The number of aryl methyl sites for hydroxylation is 3. The van der Waals surface area contributed by atoms with Crippen LogP contribution in [0.1, 0.15) is 33.0 Å². The van der Waals surface area contributed by atoms with E-state index in [4.69, 9.17) is 0 Å². The lowest BCUT2D eigenvalue weighted by molar-refractivity contribution is -0.137. The zero-order valence-corrected chi connectivity index (χ0v) is 21.7. The lowest BCUT2D eigenvalue weighted by Crippen LogP contribution is -2.15. The molecule has 6 rings (SSSR count). The van der Waals surface area contributed by atoms with E-state index in [9.17, 15) is 18.0 Å². The first-order valence-electron chi connectivity index (χ1n) is 12.3. The van der Waals surface area contributed by atoms with Crippen molar-refractivity contribution in [2.75, 3.05) is 5.32 Å². The Bertz CT molecular complexity index is 1880. The van der Waals surface area contributed by atoms with E-state index in [1.807, 2.05) is 41.3 Å². The number of anilines is 1. The third kappa shape index (κ3) is 4.42. The Morgan fingerprint density at radius 1 is 1.02 bits per heavy atom. The zero-order chi connectivity index (χ0) is 28.2. The number of fused-ring (bicyclic) bond motifs is 1. The normalized spacial score (nSPS) is 11.8. The van der Waals surface area contributed by atoms with Gasteiger partial charge in [-0.25, -0.2) is 9.50 Å². The number of carbonyl (C=O) groups excluding carboxylic acids is 1. The van der Waals surface area contributed by atoms with Crippen molar-refractivity contribution in [2.24, 2.45) is 0 Å². The van der Waals surface area contributed by atoms with Gasteiger partial charge in [0, 0.05) is 53.4 Å². The van der Waals surface area contributed by atoms with Crippen molar-refractivity contribution in [3.8, 4) is 22.6 Å². The monoisotopic (exact) mass is 544 g/mol. The highest BCUT2D eigenvalue weighted by Crippen LogP contribution is 2.32. The van der Waals surface area contributed by atoms with E-state index in [-0.39, 0.29) is 11.3 Å². The minimum absolute atomic E-state index is 0.125. The lowest BCUT2D eigenvalue weighted by atomic mass is 10.1. The summed E-state index contributed by atoms with van der Waals surface area (Å²) in [5, 5.41) is 14.2. The van der Waals surface area contributed by atoms with Crippen molar-refractivity contribution in [2.45, 2.75) is 26.9 Å². The van der Waals surface area contributed by atoms with E-state index < -0.39 is 17.6 Å². The van der Waals surface area contributed by atoms with Gasteiger partial charge in [-0.15, -0.1) is 0 Å². The van der Waals surface area contributed by atoms with Gasteiger partial charge in [0.25, 0.3) is 5.91 Å². The van der Waals surface area contributed by atoms with E-state index in [1.165, 1.54) is 16.8 Å². The maximum absolute atomic E-state index is 13.7. The van der Waals surface area contributed by atoms with Crippen molar-refractivity contribution in [1.82, 2.24) is 33.9 Å². The minimum Gasteiger partial charge on any atom is -0.322 e. The molecule has 6 aromatic rings. The molecule has 1 amide bonds. The van der Waals surface area contributed by atoms with Crippen LogP contribution in [-0.2, 0) is 6.18 Å². The summed E-state index contributed by atoms with van der Waals surface area (Å²) in [6.07, 6.45) is 3.79. The van der Waals surface area contributed by atoms with Crippen LogP contribution in [0.4, 0.5) is 18.9 Å². The first-order chi connectivity index (χ1) is 19.1. The summed E-state index contributed by atoms with van der Waals surface area (Å²) in [4.78, 5) is 17.3. The second-order valence-electron chi connectivity index (χ2n) is 9.49. The van der Waals surface area contributed by atoms with Crippen LogP contribution in [0, 0.1) is 20.8 Å². The van der Waals surface area contributed by atoms with Crippen molar-refractivity contribution >= 4 is 17.2 Å². The van der Waals surface area contributed by atoms with Crippen LogP contribution in [-0.4, -0.2) is 39.8 Å². The number of carbonyl (C=O) groups is 1. The van der Waals surface area contributed by atoms with Gasteiger partial charge in [-0.3, -0.25) is 14.5 Å². The van der Waals surface area contributed by atoms with Crippen molar-refractivity contribution in [3.05, 3.63) is 102 Å². The number of aromatic amines is 1. The fraction of sp³-hybridized carbons (Fsp3) is 0.143. The molecule has 12 heteroatoms. The van der Waals surface area contributed by atoms with Gasteiger partial charge in [0.2, 0.25) is 0 Å². The van der Waals surface area contributed by atoms with Crippen LogP contribution in [0.5, 0.6) is 0 Å². The molecule has 0 unspecified atom stereocenters. The Balaban J connectivity index is 1.36. The molecule has 0 saturated carbocycles. The molecule has 0 spiro atoms. The number of aromatic nitrogens is 7. The first kappa shape index (κ1) is 25.2. The summed E-state index contributed by atoms with van der Waals surface area (Å²) in [5.74, 6) is -0.168. The number of nitrogens with one attached hydrogen (secondary N) is 2. The maximum Gasteiger partial charge on any atom is 0.416 e. The SMILES string of the molecule is Cc1ccc(NC(=O)c2cc(-n3ccnc3C)cc(C(F)(F)F)c2)cc1-n1cc(C)n2nc(-c3cn[nH]c3)cc12. The van der Waals surface area contributed by atoms with Crippen molar-refractivity contribution < 1.29 is 18.0 Å². The van der Waals surface area contributed by atoms with E-state index in [2.05, 4.69) is 25.6 Å². The molecule has 40 heavy (non-hydrogen) atoms. The molecular weight excluding hydrogens is 521 g/mol. The highest BCUT2D eigenvalue weighted by molar-refractivity contribution is 6.05. The third-order valence-corrected chi connectivity index (χ3v) is 6.72. The Labute approximate surface area is 225 Å². The second kappa shape index (κ2) is 9.26. The lowest BCUT2D eigenvalue weighted by Gasteiger charge is -2.15. The molecule has 202 valence electrons. The molecule has 4 heterocycles. The molecule has 2 aromatic carbocycles. The van der Waals surface area contributed by atoms with Gasteiger partial charge in [0.1, 0.15) is 11.5 Å². The van der Waals surface area contributed by atoms with Gasteiger partial charge in [0.15, 0.2) is 0 Å². The Hall–Kier alpha value is -5.13. The number of hydrogen-bond donors (Lipinski definition) is 2. The average Bonchev–Trinajstić information content (AvgIpc) is 3.71. The highest BCUT2D eigenvalue weighted by Gasteiger charge is 2.32. The van der Waals surface area contributed by atoms with Crippen molar-refractivity contribution in [3.63, 3.8) is 0 Å². The van der Waals surface area contributed by atoms with Crippen LogP contribution in [0.15, 0.2) is 73.4 Å². The third-order valence-electron chi connectivity index (χ3n) is 6.72. The van der Waals surface area contributed by atoms with Gasteiger partial charge in [-0.2, -0.15) is 23.4 Å². The molecule has 0 saturated heterocycles. The molecule has 9 nitrogen and oxygen atoms in total. The molecule has 2 N–H and O–H groups in total. The smallest absolute Gasteiger partial charge is 0.322 e. The maximum atomic E-state index is 13.7. The molecule has 0 atom stereocenters. The predicted molar refractivity (Wildman–Crippen MR) is 143 cm³/mol. The van der Waals surface area contributed by atoms with Gasteiger partial charge < -0.3 is 9.88 Å². The summed E-state index contributed by atoms with van der Waals surface area (Å²) in [5.41, 5.74) is 4.58. The largest absolute Gasteiger partial charge is 0.416 e. The minimum atomic E-state index is -4.63. The summed E-state index contributed by atoms with van der Waals surface area (Å²) in [6.45, 7) is 5.54. The van der Waals surface area contributed by atoms with Crippen LogP contribution in [0.3, 0.4) is 0 Å².